The van der Waals surface area contributed by atoms with Crippen molar-refractivity contribution in [3.05, 3.63) is 83.2 Å². The van der Waals surface area contributed by atoms with Crippen molar-refractivity contribution in [3.8, 4) is 17.6 Å². The Kier molecular flexibility index (Phi) is 3.14. The summed E-state index contributed by atoms with van der Waals surface area (Å²) >= 11 is 0. The quantitative estimate of drug-likeness (QED) is 0.716. The monoisotopic (exact) mass is 314 g/mol. The smallest absolute Gasteiger partial charge is 0.205 e. The van der Waals surface area contributed by atoms with E-state index in [-0.39, 0.29) is 17.6 Å². The third-order valence-corrected chi connectivity index (χ3v) is 4.29. The van der Waals surface area contributed by atoms with Crippen molar-refractivity contribution in [1.82, 2.24) is 0 Å². The van der Waals surface area contributed by atoms with Gasteiger partial charge in [-0.2, -0.15) is 5.26 Å². The summed E-state index contributed by atoms with van der Waals surface area (Å²) in [5, 5.41) is 21.5. The Morgan fingerprint density at radius 3 is 2.46 bits per heavy atom. The molecule has 116 valence electrons. The first-order valence-corrected chi connectivity index (χ1v) is 7.56. The van der Waals surface area contributed by atoms with Crippen LogP contribution < -0.4 is 10.5 Å². The number of nitriles is 1. The van der Waals surface area contributed by atoms with Crippen LogP contribution in [0.4, 0.5) is 0 Å². The van der Waals surface area contributed by atoms with E-state index >= 15 is 0 Å². The third-order valence-electron chi connectivity index (χ3n) is 4.29. The highest BCUT2D eigenvalue weighted by molar-refractivity contribution is 5.86. The van der Waals surface area contributed by atoms with E-state index in [0.717, 1.165) is 21.9 Å². The summed E-state index contributed by atoms with van der Waals surface area (Å²) in [7, 11) is 0. The Balaban J connectivity index is 2.00. The molecule has 3 aromatic carbocycles. The molecule has 1 heterocycles. The van der Waals surface area contributed by atoms with Crippen molar-refractivity contribution < 1.29 is 9.84 Å². The van der Waals surface area contributed by atoms with Gasteiger partial charge >= 0.3 is 0 Å². The van der Waals surface area contributed by atoms with Gasteiger partial charge in [-0.1, -0.05) is 36.4 Å². The summed E-state index contributed by atoms with van der Waals surface area (Å²) in [5.41, 5.74) is 8.00. The van der Waals surface area contributed by atoms with Gasteiger partial charge in [-0.25, -0.2) is 0 Å². The fourth-order valence-corrected chi connectivity index (χ4v) is 3.19. The zero-order chi connectivity index (χ0) is 16.7. The molecular weight excluding hydrogens is 300 g/mol. The van der Waals surface area contributed by atoms with Crippen molar-refractivity contribution >= 4 is 10.8 Å². The molecule has 0 aliphatic carbocycles. The van der Waals surface area contributed by atoms with Crippen LogP contribution in [-0.2, 0) is 0 Å². The zero-order valence-electron chi connectivity index (χ0n) is 12.7. The molecule has 0 spiro atoms. The van der Waals surface area contributed by atoms with Crippen molar-refractivity contribution in [2.24, 2.45) is 5.73 Å². The number of rotatable bonds is 1. The molecule has 1 aliphatic rings. The van der Waals surface area contributed by atoms with E-state index in [9.17, 15) is 10.4 Å². The number of hydrogen-bond donors (Lipinski definition) is 2. The summed E-state index contributed by atoms with van der Waals surface area (Å²) in [6.45, 7) is 0. The van der Waals surface area contributed by atoms with Crippen LogP contribution in [0.25, 0.3) is 10.8 Å². The number of phenols is 1. The van der Waals surface area contributed by atoms with Gasteiger partial charge in [-0.05, 0) is 40.6 Å². The molecule has 0 saturated carbocycles. The van der Waals surface area contributed by atoms with E-state index in [4.69, 9.17) is 10.5 Å². The molecule has 3 N–H and O–H groups in total. The van der Waals surface area contributed by atoms with Crippen molar-refractivity contribution in [3.63, 3.8) is 0 Å². The molecule has 0 bridgehead atoms. The molecule has 24 heavy (non-hydrogen) atoms. The second-order valence-electron chi connectivity index (χ2n) is 5.76. The molecule has 1 unspecified atom stereocenters. The Labute approximate surface area is 139 Å². The van der Waals surface area contributed by atoms with Crippen molar-refractivity contribution in [1.29, 1.82) is 5.26 Å². The molecule has 0 amide bonds. The largest absolute Gasteiger partial charge is 0.508 e. The summed E-state index contributed by atoms with van der Waals surface area (Å²) in [5.74, 6) is 0.528. The molecule has 1 atom stereocenters. The number of nitrogens with zero attached hydrogens (tertiary/aromatic N) is 1. The molecule has 4 heteroatoms. The highest BCUT2D eigenvalue weighted by Crippen LogP contribution is 2.44. The van der Waals surface area contributed by atoms with Crippen LogP contribution in [0.15, 0.2) is 72.1 Å². The lowest BCUT2D eigenvalue weighted by atomic mass is 9.82. The van der Waals surface area contributed by atoms with Crippen LogP contribution in [0, 0.1) is 11.3 Å². The molecule has 0 aromatic heterocycles. The summed E-state index contributed by atoms with van der Waals surface area (Å²) in [6.07, 6.45) is 0. The Hall–Kier alpha value is -3.45. The second-order valence-corrected chi connectivity index (χ2v) is 5.76. The second kappa shape index (κ2) is 5.32. The normalized spacial score (nSPS) is 16.4. The van der Waals surface area contributed by atoms with Gasteiger partial charge in [0.05, 0.1) is 5.92 Å². The first kappa shape index (κ1) is 14.2. The van der Waals surface area contributed by atoms with Gasteiger partial charge in [-0.3, -0.25) is 0 Å². The Morgan fingerprint density at radius 2 is 1.75 bits per heavy atom. The Bertz CT molecular complexity index is 1030. The summed E-state index contributed by atoms with van der Waals surface area (Å²) < 4.78 is 5.70. The highest BCUT2D eigenvalue weighted by atomic mass is 16.5. The Morgan fingerprint density at radius 1 is 1.00 bits per heavy atom. The predicted octanol–water partition coefficient (Wildman–Crippen LogP) is 3.76. The van der Waals surface area contributed by atoms with Crippen LogP contribution in [0.3, 0.4) is 0 Å². The number of phenolic OH excluding ortho intramolecular Hbond substituents is 1. The molecule has 0 radical (unpaired) electrons. The van der Waals surface area contributed by atoms with E-state index in [1.165, 1.54) is 0 Å². The fourth-order valence-electron chi connectivity index (χ4n) is 3.19. The molecule has 3 aromatic rings. The first-order valence-electron chi connectivity index (χ1n) is 7.56. The lowest BCUT2D eigenvalue weighted by Gasteiger charge is -2.27. The van der Waals surface area contributed by atoms with E-state index in [1.54, 1.807) is 18.2 Å². The van der Waals surface area contributed by atoms with Gasteiger partial charge in [0.2, 0.25) is 5.88 Å². The fraction of sp³-hybridized carbons (Fsp3) is 0.0500. The van der Waals surface area contributed by atoms with E-state index < -0.39 is 0 Å². The number of allylic oxidation sites excluding steroid dienone is 1. The van der Waals surface area contributed by atoms with Gasteiger partial charge in [-0.15, -0.1) is 0 Å². The summed E-state index contributed by atoms with van der Waals surface area (Å²) in [4.78, 5) is 0. The van der Waals surface area contributed by atoms with Gasteiger partial charge in [0, 0.05) is 5.56 Å². The van der Waals surface area contributed by atoms with E-state index in [2.05, 4.69) is 6.07 Å². The van der Waals surface area contributed by atoms with Crippen LogP contribution >= 0.6 is 0 Å². The van der Waals surface area contributed by atoms with Crippen LogP contribution in [0.1, 0.15) is 17.0 Å². The van der Waals surface area contributed by atoms with Gasteiger partial charge in [0.15, 0.2) is 0 Å². The van der Waals surface area contributed by atoms with Gasteiger partial charge < -0.3 is 15.6 Å². The minimum absolute atomic E-state index is 0.105. The molecule has 1 aliphatic heterocycles. The average molecular weight is 314 g/mol. The summed E-state index contributed by atoms with van der Waals surface area (Å²) in [6, 6.07) is 20.9. The highest BCUT2D eigenvalue weighted by Gasteiger charge is 2.31. The number of nitrogens with two attached hydrogens (primary N) is 1. The lowest BCUT2D eigenvalue weighted by molar-refractivity contribution is 0.394. The predicted molar refractivity (Wildman–Crippen MR) is 91.4 cm³/mol. The average Bonchev–Trinajstić information content (AvgIpc) is 2.59. The molecule has 0 fully saturated rings. The molecule has 4 nitrogen and oxygen atoms in total. The maximum Gasteiger partial charge on any atom is 0.205 e. The van der Waals surface area contributed by atoms with Gasteiger partial charge in [0.1, 0.15) is 23.1 Å². The number of benzene rings is 3. The SMILES string of the molecule is N#CC1=C(N)Oc2cc3ccccc3cc2C1c1cccc(O)c1. The van der Waals surface area contributed by atoms with Gasteiger partial charge in [0.25, 0.3) is 0 Å². The lowest BCUT2D eigenvalue weighted by Crippen LogP contribution is -2.21. The van der Waals surface area contributed by atoms with Crippen LogP contribution in [0.2, 0.25) is 0 Å². The first-order chi connectivity index (χ1) is 11.7. The van der Waals surface area contributed by atoms with Crippen LogP contribution in [-0.4, -0.2) is 5.11 Å². The molecule has 4 rings (SSSR count). The zero-order valence-corrected chi connectivity index (χ0v) is 12.7. The van der Waals surface area contributed by atoms with Crippen molar-refractivity contribution in [2.75, 3.05) is 0 Å². The minimum Gasteiger partial charge on any atom is -0.508 e. The standard InChI is InChI=1S/C20H14N2O2/c21-11-17-19(14-6-3-7-15(23)8-14)16-9-12-4-1-2-5-13(12)10-18(16)24-20(17)22/h1-10,19,23H,22H2. The molecule has 0 saturated heterocycles. The topological polar surface area (TPSA) is 79.3 Å². The van der Waals surface area contributed by atoms with Crippen LogP contribution in [0.5, 0.6) is 11.5 Å². The third kappa shape index (κ3) is 2.15. The number of aromatic hydroxyl groups is 1. The van der Waals surface area contributed by atoms with E-state index in [0.29, 0.717) is 11.3 Å². The maximum absolute atomic E-state index is 9.83. The van der Waals surface area contributed by atoms with Crippen molar-refractivity contribution in [2.45, 2.75) is 5.92 Å². The molecular formula is C20H14N2O2. The number of hydrogen-bond acceptors (Lipinski definition) is 4. The maximum atomic E-state index is 9.83. The number of fused-ring (bicyclic) bond motifs is 2. The minimum atomic E-state index is -0.365. The van der Waals surface area contributed by atoms with E-state index in [1.807, 2.05) is 42.5 Å². The number of ether oxygens (including phenoxy) is 1.